The van der Waals surface area contributed by atoms with Crippen molar-refractivity contribution in [2.75, 3.05) is 5.32 Å². The average Bonchev–Trinajstić information content (AvgIpc) is 3.08. The molecule has 1 amide bonds. The van der Waals surface area contributed by atoms with Crippen molar-refractivity contribution >= 4 is 39.1 Å². The van der Waals surface area contributed by atoms with E-state index in [4.69, 9.17) is 11.6 Å². The van der Waals surface area contributed by atoms with E-state index in [-0.39, 0.29) is 5.91 Å². The minimum Gasteiger partial charge on any atom is -0.324 e. The molecule has 1 N–H and O–H groups in total. The predicted octanol–water partition coefficient (Wildman–Crippen LogP) is 4.26. The number of carbonyl (C=O) groups is 1. The molecule has 0 bridgehead atoms. The molecule has 128 valence electrons. The molecule has 0 radical (unpaired) electrons. The third-order valence-electron chi connectivity index (χ3n) is 3.71. The van der Waals surface area contributed by atoms with Gasteiger partial charge < -0.3 is 5.32 Å². The highest BCUT2D eigenvalue weighted by Crippen LogP contribution is 2.22. The van der Waals surface area contributed by atoms with Crippen LogP contribution < -0.4 is 5.32 Å². The van der Waals surface area contributed by atoms with Crippen LogP contribution in [0.15, 0.2) is 46.9 Å². The standard InChI is InChI=1S/C17H15BrClN5O/c1-10-3-8-14(19)9-15(10)20-17(25)11(2)24-22-16(21-23-24)12-4-6-13(18)7-5-12/h3-9,11H,1-2H3,(H,20,25). The summed E-state index contributed by atoms with van der Waals surface area (Å²) in [4.78, 5) is 13.8. The highest BCUT2D eigenvalue weighted by Gasteiger charge is 2.19. The first kappa shape index (κ1) is 17.6. The summed E-state index contributed by atoms with van der Waals surface area (Å²) in [5, 5.41) is 15.7. The number of aromatic nitrogens is 4. The fourth-order valence-corrected chi connectivity index (χ4v) is 2.61. The molecule has 0 aliphatic rings. The van der Waals surface area contributed by atoms with Crippen LogP contribution in [0.4, 0.5) is 5.69 Å². The quantitative estimate of drug-likeness (QED) is 0.684. The summed E-state index contributed by atoms with van der Waals surface area (Å²) >= 11 is 9.37. The Morgan fingerprint density at radius 1 is 1.24 bits per heavy atom. The van der Waals surface area contributed by atoms with Crippen molar-refractivity contribution in [1.82, 2.24) is 20.2 Å². The Balaban J connectivity index is 1.76. The van der Waals surface area contributed by atoms with Gasteiger partial charge in [-0.1, -0.05) is 33.6 Å². The molecule has 3 rings (SSSR count). The summed E-state index contributed by atoms with van der Waals surface area (Å²) in [6.45, 7) is 3.61. The van der Waals surface area contributed by atoms with Crippen LogP contribution >= 0.6 is 27.5 Å². The zero-order chi connectivity index (χ0) is 18.0. The van der Waals surface area contributed by atoms with Gasteiger partial charge in [0.05, 0.1) is 0 Å². The lowest BCUT2D eigenvalue weighted by molar-refractivity contribution is -0.119. The number of aryl methyl sites for hydroxylation is 1. The van der Waals surface area contributed by atoms with E-state index >= 15 is 0 Å². The van der Waals surface area contributed by atoms with Gasteiger partial charge in [0.25, 0.3) is 5.91 Å². The summed E-state index contributed by atoms with van der Waals surface area (Å²) in [5.74, 6) is 0.219. The number of tetrazole rings is 1. The van der Waals surface area contributed by atoms with Gasteiger partial charge in [0, 0.05) is 20.7 Å². The van der Waals surface area contributed by atoms with Crippen LogP contribution in [-0.2, 0) is 4.79 Å². The smallest absolute Gasteiger partial charge is 0.250 e. The Labute approximate surface area is 158 Å². The van der Waals surface area contributed by atoms with Gasteiger partial charge in [-0.3, -0.25) is 4.79 Å². The molecule has 0 saturated heterocycles. The first-order valence-corrected chi connectivity index (χ1v) is 8.73. The second-order valence-corrected chi connectivity index (χ2v) is 6.92. The minimum absolute atomic E-state index is 0.245. The molecule has 0 fully saturated rings. The maximum Gasteiger partial charge on any atom is 0.250 e. The van der Waals surface area contributed by atoms with Crippen LogP contribution in [0.5, 0.6) is 0 Å². The largest absolute Gasteiger partial charge is 0.324 e. The molecule has 8 heteroatoms. The lowest BCUT2D eigenvalue weighted by Crippen LogP contribution is -2.25. The first-order valence-electron chi connectivity index (χ1n) is 7.56. The summed E-state index contributed by atoms with van der Waals surface area (Å²) < 4.78 is 0.966. The van der Waals surface area contributed by atoms with Crippen LogP contribution in [0.25, 0.3) is 11.4 Å². The fraction of sp³-hybridized carbons (Fsp3) is 0.176. The van der Waals surface area contributed by atoms with Gasteiger partial charge in [0.1, 0.15) is 6.04 Å². The fourth-order valence-electron chi connectivity index (χ4n) is 2.17. The molecule has 2 aromatic carbocycles. The Morgan fingerprint density at radius 3 is 2.68 bits per heavy atom. The van der Waals surface area contributed by atoms with Crippen molar-refractivity contribution in [2.45, 2.75) is 19.9 Å². The van der Waals surface area contributed by atoms with Crippen molar-refractivity contribution in [1.29, 1.82) is 0 Å². The maximum atomic E-state index is 12.5. The molecule has 0 aliphatic carbocycles. The number of nitrogens with one attached hydrogen (secondary N) is 1. The van der Waals surface area contributed by atoms with Gasteiger partial charge in [0.15, 0.2) is 0 Å². The Morgan fingerprint density at radius 2 is 1.96 bits per heavy atom. The zero-order valence-corrected chi connectivity index (χ0v) is 15.9. The van der Waals surface area contributed by atoms with Crippen molar-refractivity contribution in [3.05, 3.63) is 57.5 Å². The Bertz CT molecular complexity index is 910. The van der Waals surface area contributed by atoms with E-state index in [0.717, 1.165) is 15.6 Å². The topological polar surface area (TPSA) is 72.7 Å². The number of amides is 1. The van der Waals surface area contributed by atoms with Crippen LogP contribution in [0.2, 0.25) is 5.02 Å². The van der Waals surface area contributed by atoms with Gasteiger partial charge in [0.2, 0.25) is 5.82 Å². The zero-order valence-electron chi connectivity index (χ0n) is 13.6. The number of anilines is 1. The molecule has 3 aromatic rings. The highest BCUT2D eigenvalue weighted by molar-refractivity contribution is 9.10. The molecule has 0 saturated carbocycles. The molecule has 1 atom stereocenters. The van der Waals surface area contributed by atoms with Crippen molar-refractivity contribution in [3.63, 3.8) is 0 Å². The van der Waals surface area contributed by atoms with Gasteiger partial charge in [-0.25, -0.2) is 0 Å². The normalized spacial score (nSPS) is 12.0. The molecule has 0 aliphatic heterocycles. The molecule has 1 heterocycles. The van der Waals surface area contributed by atoms with Crippen LogP contribution in [0.1, 0.15) is 18.5 Å². The van der Waals surface area contributed by atoms with Gasteiger partial charge in [-0.05, 0) is 61.0 Å². The molecular formula is C17H15BrClN5O. The maximum absolute atomic E-state index is 12.5. The lowest BCUT2D eigenvalue weighted by atomic mass is 10.2. The number of hydrogen-bond donors (Lipinski definition) is 1. The lowest BCUT2D eigenvalue weighted by Gasteiger charge is -2.12. The minimum atomic E-state index is -0.616. The van der Waals surface area contributed by atoms with E-state index in [0.29, 0.717) is 16.5 Å². The van der Waals surface area contributed by atoms with Crippen molar-refractivity contribution in [3.8, 4) is 11.4 Å². The molecular weight excluding hydrogens is 406 g/mol. The molecule has 25 heavy (non-hydrogen) atoms. The van der Waals surface area contributed by atoms with Gasteiger partial charge >= 0.3 is 0 Å². The van der Waals surface area contributed by atoms with Crippen molar-refractivity contribution < 1.29 is 4.79 Å². The van der Waals surface area contributed by atoms with Crippen molar-refractivity contribution in [2.24, 2.45) is 0 Å². The summed E-state index contributed by atoms with van der Waals surface area (Å²) in [6.07, 6.45) is 0. The van der Waals surface area contributed by atoms with Crippen LogP contribution in [0, 0.1) is 6.92 Å². The van der Waals surface area contributed by atoms with E-state index in [1.807, 2.05) is 37.3 Å². The van der Waals surface area contributed by atoms with E-state index < -0.39 is 6.04 Å². The first-order chi connectivity index (χ1) is 11.9. The average molecular weight is 421 g/mol. The number of halogens is 2. The Hall–Kier alpha value is -2.25. The van der Waals surface area contributed by atoms with Crippen LogP contribution in [-0.4, -0.2) is 26.1 Å². The van der Waals surface area contributed by atoms with E-state index in [9.17, 15) is 4.79 Å². The summed E-state index contributed by atoms with van der Waals surface area (Å²) in [5.41, 5.74) is 2.41. The van der Waals surface area contributed by atoms with Crippen LogP contribution in [0.3, 0.4) is 0 Å². The summed E-state index contributed by atoms with van der Waals surface area (Å²) in [7, 11) is 0. The number of nitrogens with zero attached hydrogens (tertiary/aromatic N) is 4. The molecule has 1 unspecified atom stereocenters. The summed E-state index contributed by atoms with van der Waals surface area (Å²) in [6, 6.07) is 12.3. The monoisotopic (exact) mass is 419 g/mol. The third kappa shape index (κ3) is 4.05. The van der Waals surface area contributed by atoms with E-state index in [1.165, 1.54) is 4.80 Å². The number of benzene rings is 2. The Kier molecular flexibility index (Phi) is 5.15. The number of rotatable bonds is 4. The van der Waals surface area contributed by atoms with Gasteiger partial charge in [-0.2, -0.15) is 4.80 Å². The highest BCUT2D eigenvalue weighted by atomic mass is 79.9. The number of hydrogen-bond acceptors (Lipinski definition) is 4. The van der Waals surface area contributed by atoms with Gasteiger partial charge in [-0.15, -0.1) is 10.2 Å². The van der Waals surface area contributed by atoms with E-state index in [2.05, 4.69) is 36.7 Å². The van der Waals surface area contributed by atoms with E-state index in [1.54, 1.807) is 19.1 Å². The molecule has 1 aromatic heterocycles. The SMILES string of the molecule is Cc1ccc(Cl)cc1NC(=O)C(C)n1nnc(-c2ccc(Br)cc2)n1. The third-order valence-corrected chi connectivity index (χ3v) is 4.48. The molecule has 6 nitrogen and oxygen atoms in total. The molecule has 0 spiro atoms. The second-order valence-electron chi connectivity index (χ2n) is 5.56. The number of carbonyl (C=O) groups excluding carboxylic acids is 1. The predicted molar refractivity (Wildman–Crippen MR) is 100 cm³/mol. The second kappa shape index (κ2) is 7.33.